The number of amides is 2. The lowest BCUT2D eigenvalue weighted by Crippen LogP contribution is -2.27. The van der Waals surface area contributed by atoms with E-state index in [0.29, 0.717) is 0 Å². The summed E-state index contributed by atoms with van der Waals surface area (Å²) in [5, 5.41) is 3.07. The summed E-state index contributed by atoms with van der Waals surface area (Å²) in [4.78, 5) is 20.5. The lowest BCUT2D eigenvalue weighted by atomic mass is 10.3. The Balaban J connectivity index is 2.64. The highest BCUT2D eigenvalue weighted by Crippen LogP contribution is 1.97. The molecule has 1 radical (unpaired) electrons. The first kappa shape index (κ1) is 5.24. The van der Waals surface area contributed by atoms with Gasteiger partial charge in [0.05, 0.1) is 12.5 Å². The molecule has 1 fully saturated rings. The van der Waals surface area contributed by atoms with Gasteiger partial charge in [0.25, 0.3) is 11.8 Å². The van der Waals surface area contributed by atoms with Crippen molar-refractivity contribution >= 4 is 11.8 Å². The minimum atomic E-state index is -0.664. The Morgan fingerprint density at radius 2 is 2.25 bits per heavy atom. The fraction of sp³-hybridized carbons (Fsp3) is 0.500. The molecule has 4 nitrogen and oxygen atoms in total. The van der Waals surface area contributed by atoms with Crippen molar-refractivity contribution in [3.63, 3.8) is 0 Å². The Morgan fingerprint density at radius 1 is 1.62 bits per heavy atom. The first-order valence-corrected chi connectivity index (χ1v) is 2.24. The van der Waals surface area contributed by atoms with Crippen molar-refractivity contribution in [1.82, 2.24) is 5.32 Å². The Morgan fingerprint density at radius 3 is 2.38 bits per heavy atom. The van der Waals surface area contributed by atoms with Gasteiger partial charge in [0.1, 0.15) is 0 Å². The van der Waals surface area contributed by atoms with Crippen LogP contribution in [0.1, 0.15) is 6.42 Å². The molecule has 1 atom stereocenters. The molecule has 0 aromatic heterocycles. The highest BCUT2D eigenvalue weighted by atomic mass is 16.2. The molecule has 4 heteroatoms. The molecule has 1 unspecified atom stereocenters. The van der Waals surface area contributed by atoms with E-state index in [1.807, 2.05) is 0 Å². The fourth-order valence-electron chi connectivity index (χ4n) is 0.527. The Kier molecular flexibility index (Phi) is 1.02. The maximum absolute atomic E-state index is 10.3. The second kappa shape index (κ2) is 1.56. The summed E-state index contributed by atoms with van der Waals surface area (Å²) in [5.74, 6) is -0.891. The number of rotatable bonds is 0. The van der Waals surface area contributed by atoms with E-state index < -0.39 is 17.9 Å². The lowest BCUT2D eigenvalue weighted by molar-refractivity contribution is -0.125. The van der Waals surface area contributed by atoms with Gasteiger partial charge in [-0.3, -0.25) is 9.59 Å². The van der Waals surface area contributed by atoms with Gasteiger partial charge in [-0.15, -0.1) is 0 Å². The van der Waals surface area contributed by atoms with Crippen LogP contribution in [0.2, 0.25) is 0 Å². The van der Waals surface area contributed by atoms with Crippen LogP contribution in [0, 0.1) is 0 Å². The molecule has 0 saturated carbocycles. The zero-order valence-corrected chi connectivity index (χ0v) is 4.13. The van der Waals surface area contributed by atoms with E-state index in [1.165, 1.54) is 0 Å². The fourth-order valence-corrected chi connectivity index (χ4v) is 0.527. The van der Waals surface area contributed by atoms with Crippen molar-refractivity contribution in [2.75, 3.05) is 0 Å². The standard InChI is InChI=1S/C4H5N2O2/c5-2-1-3(7)6-4(2)8/h2H,1,5H2. The average Bonchev–Trinajstić information content (AvgIpc) is 1.85. The summed E-state index contributed by atoms with van der Waals surface area (Å²) in [6, 6.07) is -0.664. The maximum atomic E-state index is 10.3. The molecule has 1 aliphatic rings. The van der Waals surface area contributed by atoms with Crippen molar-refractivity contribution in [3.8, 4) is 0 Å². The number of nitrogens with two attached hydrogens (primary N) is 1. The Labute approximate surface area is 46.0 Å². The summed E-state index contributed by atoms with van der Waals surface area (Å²) in [5.41, 5.74) is 5.10. The minimum absolute atomic E-state index is 0.0822. The highest BCUT2D eigenvalue weighted by Gasteiger charge is 2.28. The zero-order valence-electron chi connectivity index (χ0n) is 4.13. The first-order chi connectivity index (χ1) is 3.70. The third-order valence-corrected chi connectivity index (χ3v) is 0.947. The summed E-state index contributed by atoms with van der Waals surface area (Å²) >= 11 is 0. The normalized spacial score (nSPS) is 28.4. The maximum Gasteiger partial charge on any atom is 0.266 e. The summed E-state index contributed by atoms with van der Waals surface area (Å²) in [6.07, 6.45) is 0.0822. The van der Waals surface area contributed by atoms with Gasteiger partial charge in [-0.1, -0.05) is 0 Å². The molecule has 8 heavy (non-hydrogen) atoms. The van der Waals surface area contributed by atoms with E-state index in [4.69, 9.17) is 5.73 Å². The van der Waals surface area contributed by atoms with Crippen LogP contribution in [0.3, 0.4) is 0 Å². The summed E-state index contributed by atoms with van der Waals surface area (Å²) in [7, 11) is 0. The van der Waals surface area contributed by atoms with Gasteiger partial charge in [-0.2, -0.15) is 5.32 Å². The monoisotopic (exact) mass is 113 g/mol. The smallest absolute Gasteiger partial charge is 0.266 e. The number of hydrogen-bond donors (Lipinski definition) is 1. The van der Waals surface area contributed by atoms with E-state index in [9.17, 15) is 9.59 Å². The largest absolute Gasteiger partial charge is 0.319 e. The van der Waals surface area contributed by atoms with Gasteiger partial charge in [-0.05, 0) is 0 Å². The van der Waals surface area contributed by atoms with E-state index in [0.717, 1.165) is 0 Å². The van der Waals surface area contributed by atoms with Crippen LogP contribution in [0.5, 0.6) is 0 Å². The molecular formula is C4H5N2O2. The number of hydrogen-bond acceptors (Lipinski definition) is 3. The second-order valence-electron chi connectivity index (χ2n) is 1.65. The van der Waals surface area contributed by atoms with E-state index >= 15 is 0 Å². The van der Waals surface area contributed by atoms with Gasteiger partial charge in [0.15, 0.2) is 0 Å². The lowest BCUT2D eigenvalue weighted by Gasteiger charge is -1.87. The molecule has 1 heterocycles. The first-order valence-electron chi connectivity index (χ1n) is 2.24. The number of carbonyl (C=O) groups excluding carboxylic acids is 2. The van der Waals surface area contributed by atoms with Crippen LogP contribution in [-0.2, 0) is 9.59 Å². The Bertz CT molecular complexity index is 143. The van der Waals surface area contributed by atoms with E-state index in [-0.39, 0.29) is 6.42 Å². The van der Waals surface area contributed by atoms with Gasteiger partial charge in [0, 0.05) is 0 Å². The molecular weight excluding hydrogens is 108 g/mol. The molecule has 0 spiro atoms. The number of imide groups is 1. The topological polar surface area (TPSA) is 74.3 Å². The Hall–Kier alpha value is -0.900. The van der Waals surface area contributed by atoms with Crippen LogP contribution < -0.4 is 11.1 Å². The average molecular weight is 113 g/mol. The zero-order chi connectivity index (χ0) is 6.15. The van der Waals surface area contributed by atoms with Gasteiger partial charge < -0.3 is 5.73 Å². The van der Waals surface area contributed by atoms with Gasteiger partial charge in [-0.25, -0.2) is 0 Å². The molecule has 43 valence electrons. The van der Waals surface area contributed by atoms with Crippen molar-refractivity contribution in [3.05, 3.63) is 0 Å². The SMILES string of the molecule is NC1CC(=O)[N]C1=O. The van der Waals surface area contributed by atoms with Gasteiger partial charge >= 0.3 is 0 Å². The number of nitrogens with zero attached hydrogens (tertiary/aromatic N) is 1. The minimum Gasteiger partial charge on any atom is -0.319 e. The molecule has 1 saturated heterocycles. The second-order valence-corrected chi connectivity index (χ2v) is 1.65. The molecule has 0 aromatic rings. The highest BCUT2D eigenvalue weighted by molar-refractivity contribution is 6.04. The van der Waals surface area contributed by atoms with Gasteiger partial charge in [0.2, 0.25) is 0 Å². The van der Waals surface area contributed by atoms with Crippen molar-refractivity contribution in [2.45, 2.75) is 12.5 Å². The summed E-state index contributed by atoms with van der Waals surface area (Å²) < 4.78 is 0. The molecule has 0 bridgehead atoms. The van der Waals surface area contributed by atoms with Crippen LogP contribution in [-0.4, -0.2) is 17.9 Å². The summed E-state index contributed by atoms with van der Waals surface area (Å²) in [6.45, 7) is 0. The van der Waals surface area contributed by atoms with E-state index in [2.05, 4.69) is 5.32 Å². The number of carbonyl (C=O) groups is 2. The molecule has 1 aliphatic heterocycles. The predicted octanol–water partition coefficient (Wildman–Crippen LogP) is -1.63. The van der Waals surface area contributed by atoms with Crippen LogP contribution in [0.25, 0.3) is 0 Å². The van der Waals surface area contributed by atoms with Crippen LogP contribution in [0.4, 0.5) is 0 Å². The quantitative estimate of drug-likeness (QED) is 0.383. The van der Waals surface area contributed by atoms with Crippen molar-refractivity contribution in [1.29, 1.82) is 0 Å². The van der Waals surface area contributed by atoms with E-state index in [1.54, 1.807) is 0 Å². The van der Waals surface area contributed by atoms with Crippen LogP contribution in [0.15, 0.2) is 0 Å². The molecule has 0 aliphatic carbocycles. The van der Waals surface area contributed by atoms with Crippen LogP contribution >= 0.6 is 0 Å². The molecule has 0 aromatic carbocycles. The van der Waals surface area contributed by atoms with Crippen molar-refractivity contribution < 1.29 is 9.59 Å². The molecule has 2 N–H and O–H groups in total. The molecule has 2 amide bonds. The third-order valence-electron chi connectivity index (χ3n) is 0.947. The predicted molar refractivity (Wildman–Crippen MR) is 24.7 cm³/mol. The van der Waals surface area contributed by atoms with Crippen molar-refractivity contribution in [2.24, 2.45) is 5.73 Å². The molecule has 1 rings (SSSR count). The third kappa shape index (κ3) is 0.696.